The molecule has 0 spiro atoms. The van der Waals surface area contributed by atoms with Gasteiger partial charge in [-0.25, -0.2) is 0 Å². The summed E-state index contributed by atoms with van der Waals surface area (Å²) in [7, 11) is 0. The quantitative estimate of drug-likeness (QED) is 0.628. The second-order valence-corrected chi connectivity index (χ2v) is 6.46. The van der Waals surface area contributed by atoms with E-state index in [1.807, 2.05) is 31.2 Å². The molecule has 0 saturated heterocycles. The summed E-state index contributed by atoms with van der Waals surface area (Å²) in [5.74, 6) is -1.01. The second-order valence-electron chi connectivity index (χ2n) is 6.46. The van der Waals surface area contributed by atoms with Crippen molar-refractivity contribution in [2.75, 3.05) is 5.32 Å². The first-order valence-electron chi connectivity index (χ1n) is 8.51. The molecular weight excluding hydrogens is 342 g/mol. The van der Waals surface area contributed by atoms with Crippen molar-refractivity contribution in [1.29, 1.82) is 0 Å². The van der Waals surface area contributed by atoms with Crippen molar-refractivity contribution in [1.82, 2.24) is 10.3 Å². The topological polar surface area (TPSA) is 91.1 Å². The highest BCUT2D eigenvalue weighted by molar-refractivity contribution is 6.50. The number of aryl methyl sites for hydroxylation is 1. The summed E-state index contributed by atoms with van der Waals surface area (Å²) in [6, 6.07) is 14.5. The van der Waals surface area contributed by atoms with Crippen molar-refractivity contribution in [2.45, 2.75) is 13.8 Å². The average molecular weight is 359 g/mol. The second kappa shape index (κ2) is 6.25. The normalized spacial score (nSPS) is 14.0. The van der Waals surface area contributed by atoms with Gasteiger partial charge in [0.2, 0.25) is 5.91 Å². The maximum Gasteiger partial charge on any atom is 0.259 e. The first kappa shape index (κ1) is 16.8. The third-order valence-corrected chi connectivity index (χ3v) is 4.57. The summed E-state index contributed by atoms with van der Waals surface area (Å²) in [6.45, 7) is 3.31. The van der Waals surface area contributed by atoms with E-state index in [-0.39, 0.29) is 5.91 Å². The molecule has 2 aromatic carbocycles. The summed E-state index contributed by atoms with van der Waals surface area (Å²) >= 11 is 0. The highest BCUT2D eigenvalue weighted by atomic mass is 16.2. The number of aromatic nitrogens is 1. The van der Waals surface area contributed by atoms with E-state index in [1.165, 1.54) is 6.92 Å². The number of aromatic amines is 1. The number of carbonyl (C=O) groups is 3. The summed E-state index contributed by atoms with van der Waals surface area (Å²) in [6.07, 6.45) is 0. The first-order chi connectivity index (χ1) is 13.0. The van der Waals surface area contributed by atoms with Crippen LogP contribution < -0.4 is 10.6 Å². The minimum Gasteiger partial charge on any atom is -0.358 e. The van der Waals surface area contributed by atoms with Crippen LogP contribution in [0.2, 0.25) is 0 Å². The zero-order chi connectivity index (χ0) is 19.1. The predicted octanol–water partition coefficient (Wildman–Crippen LogP) is 3.00. The first-order valence-corrected chi connectivity index (χ1v) is 8.51. The van der Waals surface area contributed by atoms with Crippen molar-refractivity contribution in [3.8, 4) is 0 Å². The molecule has 6 heteroatoms. The molecule has 0 fully saturated rings. The lowest BCUT2D eigenvalue weighted by Crippen LogP contribution is -2.22. The van der Waals surface area contributed by atoms with Gasteiger partial charge in [0.1, 0.15) is 0 Å². The van der Waals surface area contributed by atoms with E-state index < -0.39 is 11.8 Å². The highest BCUT2D eigenvalue weighted by Crippen LogP contribution is 2.37. The number of imide groups is 1. The molecule has 3 amide bonds. The van der Waals surface area contributed by atoms with Gasteiger partial charge in [-0.3, -0.25) is 19.7 Å². The van der Waals surface area contributed by atoms with Gasteiger partial charge in [-0.05, 0) is 30.7 Å². The molecule has 0 radical (unpaired) electrons. The molecule has 27 heavy (non-hydrogen) atoms. The molecule has 0 bridgehead atoms. The Kier molecular flexibility index (Phi) is 3.88. The Hall–Kier alpha value is -3.67. The highest BCUT2D eigenvalue weighted by Gasteiger charge is 2.34. The number of amides is 3. The van der Waals surface area contributed by atoms with Crippen LogP contribution in [0.4, 0.5) is 5.69 Å². The zero-order valence-corrected chi connectivity index (χ0v) is 14.8. The smallest absolute Gasteiger partial charge is 0.259 e. The average Bonchev–Trinajstić information content (AvgIpc) is 3.09. The molecule has 1 aliphatic rings. The van der Waals surface area contributed by atoms with Crippen molar-refractivity contribution in [3.63, 3.8) is 0 Å². The number of para-hydroxylation sites is 1. The number of nitrogens with one attached hydrogen (secondary N) is 3. The third kappa shape index (κ3) is 2.81. The molecule has 1 aromatic heterocycles. The number of hydrogen-bond donors (Lipinski definition) is 3. The minimum atomic E-state index is -0.424. The molecule has 3 N–H and O–H groups in total. The Labute approximate surface area is 155 Å². The molecule has 6 nitrogen and oxygen atoms in total. The van der Waals surface area contributed by atoms with Crippen LogP contribution in [0.25, 0.3) is 22.0 Å². The van der Waals surface area contributed by atoms with Gasteiger partial charge >= 0.3 is 0 Å². The number of H-pyrrole nitrogens is 1. The van der Waals surface area contributed by atoms with Crippen LogP contribution in [-0.2, 0) is 14.4 Å². The zero-order valence-electron chi connectivity index (χ0n) is 14.8. The molecular formula is C21H17N3O3. The monoisotopic (exact) mass is 359 g/mol. The Balaban J connectivity index is 1.91. The number of benzene rings is 2. The lowest BCUT2D eigenvalue weighted by atomic mass is 9.94. The Morgan fingerprint density at radius 3 is 2.30 bits per heavy atom. The Morgan fingerprint density at radius 2 is 1.59 bits per heavy atom. The molecule has 2 heterocycles. The molecule has 134 valence electrons. The van der Waals surface area contributed by atoms with Crippen molar-refractivity contribution in [3.05, 3.63) is 65.4 Å². The number of hydrogen-bond acceptors (Lipinski definition) is 3. The van der Waals surface area contributed by atoms with Crippen LogP contribution in [0.1, 0.15) is 23.7 Å². The SMILES string of the molecule is CC(=O)Nc1ccc(C2=C(c3c(C)[nH]c4ccccc34)C(=O)NC2=O)cc1. The summed E-state index contributed by atoms with van der Waals surface area (Å²) in [4.78, 5) is 39.6. The van der Waals surface area contributed by atoms with Gasteiger partial charge in [-0.15, -0.1) is 0 Å². The number of rotatable bonds is 3. The van der Waals surface area contributed by atoms with Gasteiger partial charge in [0, 0.05) is 34.8 Å². The standard InChI is InChI=1S/C21H17N3O3/c1-11-17(15-5-3-4-6-16(15)22-11)19-18(20(26)24-21(19)27)13-7-9-14(10-8-13)23-12(2)25/h3-10,22H,1-2H3,(H,23,25)(H,24,26,27). The Bertz CT molecular complexity index is 1140. The molecule has 1 aliphatic heterocycles. The van der Waals surface area contributed by atoms with E-state index in [4.69, 9.17) is 0 Å². The van der Waals surface area contributed by atoms with E-state index in [0.29, 0.717) is 22.4 Å². The van der Waals surface area contributed by atoms with Crippen LogP contribution in [0.15, 0.2) is 48.5 Å². The van der Waals surface area contributed by atoms with E-state index in [2.05, 4.69) is 15.6 Å². The van der Waals surface area contributed by atoms with E-state index in [0.717, 1.165) is 22.2 Å². The van der Waals surface area contributed by atoms with Crippen LogP contribution in [0.3, 0.4) is 0 Å². The van der Waals surface area contributed by atoms with E-state index >= 15 is 0 Å². The lowest BCUT2D eigenvalue weighted by molar-refractivity contribution is -0.123. The molecule has 0 unspecified atom stereocenters. The van der Waals surface area contributed by atoms with Crippen LogP contribution in [-0.4, -0.2) is 22.7 Å². The molecule has 0 atom stereocenters. The van der Waals surface area contributed by atoms with Gasteiger partial charge in [0.25, 0.3) is 11.8 Å². The van der Waals surface area contributed by atoms with Crippen molar-refractivity contribution in [2.24, 2.45) is 0 Å². The number of fused-ring (bicyclic) bond motifs is 1. The van der Waals surface area contributed by atoms with Gasteiger partial charge < -0.3 is 10.3 Å². The Morgan fingerprint density at radius 1 is 0.926 bits per heavy atom. The van der Waals surface area contributed by atoms with Gasteiger partial charge in [-0.1, -0.05) is 30.3 Å². The summed E-state index contributed by atoms with van der Waals surface area (Å²) in [5, 5.41) is 5.98. The molecule has 4 rings (SSSR count). The van der Waals surface area contributed by atoms with Crippen LogP contribution in [0.5, 0.6) is 0 Å². The van der Waals surface area contributed by atoms with Crippen LogP contribution in [0, 0.1) is 6.92 Å². The molecule has 3 aromatic rings. The fourth-order valence-corrected chi connectivity index (χ4v) is 3.49. The maximum atomic E-state index is 12.6. The van der Waals surface area contributed by atoms with E-state index in [9.17, 15) is 14.4 Å². The molecule has 0 aliphatic carbocycles. The number of carbonyl (C=O) groups excluding carboxylic acids is 3. The minimum absolute atomic E-state index is 0.175. The van der Waals surface area contributed by atoms with Crippen molar-refractivity contribution >= 4 is 45.5 Å². The number of anilines is 1. The fraction of sp³-hybridized carbons (Fsp3) is 0.0952. The van der Waals surface area contributed by atoms with Crippen molar-refractivity contribution < 1.29 is 14.4 Å². The summed E-state index contributed by atoms with van der Waals surface area (Å²) in [5.41, 5.74) is 4.40. The molecule has 0 saturated carbocycles. The largest absolute Gasteiger partial charge is 0.358 e. The predicted molar refractivity (Wildman–Crippen MR) is 104 cm³/mol. The fourth-order valence-electron chi connectivity index (χ4n) is 3.49. The van der Waals surface area contributed by atoms with Gasteiger partial charge in [0.05, 0.1) is 11.1 Å². The van der Waals surface area contributed by atoms with E-state index in [1.54, 1.807) is 24.3 Å². The third-order valence-electron chi connectivity index (χ3n) is 4.57. The summed E-state index contributed by atoms with van der Waals surface area (Å²) < 4.78 is 0. The lowest BCUT2D eigenvalue weighted by Gasteiger charge is -2.07. The van der Waals surface area contributed by atoms with Crippen LogP contribution >= 0.6 is 0 Å². The van der Waals surface area contributed by atoms with Gasteiger partial charge in [-0.2, -0.15) is 0 Å². The maximum absolute atomic E-state index is 12.6. The van der Waals surface area contributed by atoms with Gasteiger partial charge in [0.15, 0.2) is 0 Å².